The molecule has 2 aromatic heterocycles. The van der Waals surface area contributed by atoms with E-state index in [-0.39, 0.29) is 12.0 Å². The van der Waals surface area contributed by atoms with Gasteiger partial charge >= 0.3 is 0 Å². The Kier molecular flexibility index (Phi) is 5.44. The number of carbonyl (C=O) groups excluding carboxylic acids is 1. The number of nitrogens with zero attached hydrogens (tertiary/aromatic N) is 3. The molecule has 3 heterocycles. The van der Waals surface area contributed by atoms with Crippen molar-refractivity contribution in [3.05, 3.63) is 71.2 Å². The first-order valence-electron chi connectivity index (χ1n) is 9.96. The van der Waals surface area contributed by atoms with E-state index in [0.717, 1.165) is 41.9 Å². The summed E-state index contributed by atoms with van der Waals surface area (Å²) in [6.45, 7) is 6.16. The average molecular weight is 377 g/mol. The molecule has 3 aromatic rings. The van der Waals surface area contributed by atoms with Gasteiger partial charge in [-0.25, -0.2) is 4.98 Å². The zero-order valence-electron chi connectivity index (χ0n) is 16.6. The number of ether oxygens (including phenoxy) is 1. The van der Waals surface area contributed by atoms with Crippen LogP contribution < -0.4 is 0 Å². The Morgan fingerprint density at radius 1 is 1.29 bits per heavy atom. The van der Waals surface area contributed by atoms with Gasteiger partial charge in [0.1, 0.15) is 5.65 Å². The third kappa shape index (κ3) is 4.09. The second-order valence-electron chi connectivity index (χ2n) is 7.71. The lowest BCUT2D eigenvalue weighted by atomic mass is 10.1. The van der Waals surface area contributed by atoms with Gasteiger partial charge < -0.3 is 14.0 Å². The van der Waals surface area contributed by atoms with Crippen molar-refractivity contribution in [2.75, 3.05) is 13.2 Å². The number of aromatic nitrogens is 2. The van der Waals surface area contributed by atoms with Crippen molar-refractivity contribution in [3.8, 4) is 0 Å². The summed E-state index contributed by atoms with van der Waals surface area (Å²) in [5, 5.41) is 0. The molecule has 0 spiro atoms. The van der Waals surface area contributed by atoms with Crippen LogP contribution in [0.25, 0.3) is 5.65 Å². The van der Waals surface area contributed by atoms with Gasteiger partial charge in [-0.3, -0.25) is 4.79 Å². The zero-order chi connectivity index (χ0) is 19.5. The Balaban J connectivity index is 1.55. The van der Waals surface area contributed by atoms with E-state index in [1.165, 1.54) is 5.56 Å². The lowest BCUT2D eigenvalue weighted by Crippen LogP contribution is -2.38. The molecule has 146 valence electrons. The van der Waals surface area contributed by atoms with Gasteiger partial charge in [-0.2, -0.15) is 0 Å². The van der Waals surface area contributed by atoms with Crippen LogP contribution in [0.1, 0.15) is 35.2 Å². The molecule has 0 bridgehead atoms. The van der Waals surface area contributed by atoms with Crippen molar-refractivity contribution in [2.24, 2.45) is 0 Å². The Labute approximate surface area is 166 Å². The Hall–Kier alpha value is -2.66. The molecular formula is C23H27N3O2. The smallest absolute Gasteiger partial charge is 0.228 e. The Morgan fingerprint density at radius 2 is 2.18 bits per heavy atom. The van der Waals surface area contributed by atoms with Crippen LogP contribution in [0.2, 0.25) is 0 Å². The van der Waals surface area contributed by atoms with Crippen LogP contribution in [0.5, 0.6) is 0 Å². The van der Waals surface area contributed by atoms with E-state index >= 15 is 0 Å². The summed E-state index contributed by atoms with van der Waals surface area (Å²) in [5.41, 5.74) is 5.30. The topological polar surface area (TPSA) is 46.8 Å². The summed E-state index contributed by atoms with van der Waals surface area (Å²) in [4.78, 5) is 19.7. The number of amides is 1. The minimum Gasteiger partial charge on any atom is -0.376 e. The highest BCUT2D eigenvalue weighted by Crippen LogP contribution is 2.18. The normalized spacial score (nSPS) is 16.6. The average Bonchev–Trinajstić information content (AvgIpc) is 3.32. The molecule has 0 saturated carbocycles. The van der Waals surface area contributed by atoms with Crippen LogP contribution in [0.4, 0.5) is 0 Å². The molecule has 1 aliphatic rings. The van der Waals surface area contributed by atoms with Crippen molar-refractivity contribution in [1.82, 2.24) is 14.3 Å². The number of hydrogen-bond acceptors (Lipinski definition) is 3. The number of benzene rings is 1. The number of aryl methyl sites for hydroxylation is 2. The number of fused-ring (bicyclic) bond motifs is 1. The fraction of sp³-hybridized carbons (Fsp3) is 0.391. The molecule has 5 nitrogen and oxygen atoms in total. The van der Waals surface area contributed by atoms with Crippen molar-refractivity contribution < 1.29 is 9.53 Å². The molecule has 1 aliphatic heterocycles. The van der Waals surface area contributed by atoms with Gasteiger partial charge in [-0.15, -0.1) is 0 Å². The quantitative estimate of drug-likeness (QED) is 0.658. The third-order valence-electron chi connectivity index (χ3n) is 5.40. The molecule has 1 atom stereocenters. The van der Waals surface area contributed by atoms with Gasteiger partial charge in [-0.1, -0.05) is 35.9 Å². The summed E-state index contributed by atoms with van der Waals surface area (Å²) in [7, 11) is 0. The number of imidazole rings is 1. The van der Waals surface area contributed by atoms with Crippen LogP contribution in [0, 0.1) is 13.8 Å². The van der Waals surface area contributed by atoms with E-state index in [1.54, 1.807) is 0 Å². The number of hydrogen-bond donors (Lipinski definition) is 0. The second-order valence-corrected chi connectivity index (χ2v) is 7.71. The lowest BCUT2D eigenvalue weighted by molar-refractivity contribution is -0.132. The summed E-state index contributed by atoms with van der Waals surface area (Å²) in [6.07, 6.45) is 6.36. The van der Waals surface area contributed by atoms with Crippen LogP contribution in [-0.2, 0) is 22.5 Å². The summed E-state index contributed by atoms with van der Waals surface area (Å²) < 4.78 is 7.82. The lowest BCUT2D eigenvalue weighted by Gasteiger charge is -2.26. The molecule has 1 saturated heterocycles. The van der Waals surface area contributed by atoms with E-state index in [0.29, 0.717) is 19.5 Å². The largest absolute Gasteiger partial charge is 0.376 e. The Morgan fingerprint density at radius 3 is 2.96 bits per heavy atom. The van der Waals surface area contributed by atoms with Crippen molar-refractivity contribution in [2.45, 2.75) is 45.8 Å². The molecule has 1 aromatic carbocycles. The molecule has 0 aliphatic carbocycles. The summed E-state index contributed by atoms with van der Waals surface area (Å²) in [5.74, 6) is 0.111. The van der Waals surface area contributed by atoms with Crippen LogP contribution in [0.3, 0.4) is 0 Å². The maximum Gasteiger partial charge on any atom is 0.228 e. The fourth-order valence-electron chi connectivity index (χ4n) is 3.92. The highest BCUT2D eigenvalue weighted by atomic mass is 16.5. The van der Waals surface area contributed by atoms with Crippen molar-refractivity contribution in [3.63, 3.8) is 0 Å². The molecule has 4 rings (SSSR count). The van der Waals surface area contributed by atoms with Gasteiger partial charge in [-0.05, 0) is 43.9 Å². The number of pyridine rings is 1. The first-order chi connectivity index (χ1) is 13.6. The van der Waals surface area contributed by atoms with Crippen LogP contribution in [0.15, 0.2) is 48.8 Å². The maximum absolute atomic E-state index is 13.2. The maximum atomic E-state index is 13.2. The van der Waals surface area contributed by atoms with E-state index in [4.69, 9.17) is 4.74 Å². The second kappa shape index (κ2) is 8.15. The predicted octanol–water partition coefficient (Wildman–Crippen LogP) is 3.70. The SMILES string of the molecule is Cc1cccc(CN(C[C@H]2CCCO2)C(=O)Cc2cnc3c(C)cccn23)c1. The molecule has 5 heteroatoms. The van der Waals surface area contributed by atoms with Crippen LogP contribution in [-0.4, -0.2) is 39.4 Å². The molecule has 0 N–H and O–H groups in total. The highest BCUT2D eigenvalue weighted by Gasteiger charge is 2.23. The molecular weight excluding hydrogens is 350 g/mol. The van der Waals surface area contributed by atoms with E-state index in [9.17, 15) is 4.79 Å². The molecule has 28 heavy (non-hydrogen) atoms. The van der Waals surface area contributed by atoms with E-state index in [1.807, 2.05) is 46.8 Å². The Bertz CT molecular complexity index is 973. The van der Waals surface area contributed by atoms with Gasteiger partial charge in [0.05, 0.1) is 18.2 Å². The van der Waals surface area contributed by atoms with Crippen molar-refractivity contribution >= 4 is 11.6 Å². The first-order valence-corrected chi connectivity index (χ1v) is 9.96. The van der Waals surface area contributed by atoms with Gasteiger partial charge in [0.25, 0.3) is 0 Å². The minimum absolute atomic E-state index is 0.111. The number of rotatable bonds is 6. The highest BCUT2D eigenvalue weighted by molar-refractivity contribution is 5.78. The monoisotopic (exact) mass is 377 g/mol. The van der Waals surface area contributed by atoms with Crippen molar-refractivity contribution in [1.29, 1.82) is 0 Å². The standard InChI is InChI=1S/C23H27N3O2/c1-17-6-3-8-19(12-17)15-25(16-21-9-5-11-28-21)22(27)13-20-14-24-23-18(2)7-4-10-26(20)23/h3-4,6-8,10,12,14,21H,5,9,11,13,15-16H2,1-2H3/t21-/m1/s1. The molecule has 0 radical (unpaired) electrons. The molecule has 1 amide bonds. The zero-order valence-corrected chi connectivity index (χ0v) is 16.6. The van der Waals surface area contributed by atoms with Crippen LogP contribution >= 0.6 is 0 Å². The summed E-state index contributed by atoms with van der Waals surface area (Å²) >= 11 is 0. The summed E-state index contributed by atoms with van der Waals surface area (Å²) in [6, 6.07) is 12.4. The molecule has 0 unspecified atom stereocenters. The van der Waals surface area contributed by atoms with Gasteiger partial charge in [0, 0.05) is 32.1 Å². The predicted molar refractivity (Wildman–Crippen MR) is 109 cm³/mol. The van der Waals surface area contributed by atoms with Gasteiger partial charge in [0.15, 0.2) is 0 Å². The van der Waals surface area contributed by atoms with E-state index in [2.05, 4.69) is 30.1 Å². The van der Waals surface area contributed by atoms with Gasteiger partial charge in [0.2, 0.25) is 5.91 Å². The molecule has 1 fully saturated rings. The minimum atomic E-state index is 0.111. The number of carbonyl (C=O) groups is 1. The van der Waals surface area contributed by atoms with E-state index < -0.39 is 0 Å². The first kappa shape index (κ1) is 18.7. The third-order valence-corrected chi connectivity index (χ3v) is 5.40. The fourth-order valence-corrected chi connectivity index (χ4v) is 3.92.